The smallest absolute Gasteiger partial charge is 0.274 e. The van der Waals surface area contributed by atoms with Crippen LogP contribution >= 0.6 is 0 Å². The molecule has 0 unspecified atom stereocenters. The van der Waals surface area contributed by atoms with Crippen molar-refractivity contribution in [1.82, 2.24) is 19.6 Å². The molecule has 3 heterocycles. The summed E-state index contributed by atoms with van der Waals surface area (Å²) in [4.78, 5) is 30.2. The second-order valence-corrected chi connectivity index (χ2v) is 8.56. The fourth-order valence-corrected chi connectivity index (χ4v) is 5.11. The van der Waals surface area contributed by atoms with Crippen LogP contribution in [0.2, 0.25) is 0 Å². The molecule has 1 aliphatic carbocycles. The monoisotopic (exact) mass is 358 g/mol. The van der Waals surface area contributed by atoms with Crippen LogP contribution in [0.5, 0.6) is 0 Å². The molecule has 1 aromatic heterocycles. The molecular weight excluding hydrogens is 328 g/mol. The van der Waals surface area contributed by atoms with E-state index in [0.29, 0.717) is 18.8 Å². The number of aryl methyl sites for hydroxylation is 1. The lowest BCUT2D eigenvalue weighted by atomic mass is 9.78. The van der Waals surface area contributed by atoms with Gasteiger partial charge in [-0.05, 0) is 58.8 Å². The van der Waals surface area contributed by atoms with Crippen LogP contribution in [-0.2, 0) is 24.7 Å². The summed E-state index contributed by atoms with van der Waals surface area (Å²) in [7, 11) is 1.94. The number of carbonyl (C=O) groups excluding carboxylic acids is 2. The van der Waals surface area contributed by atoms with Crippen LogP contribution in [0.1, 0.15) is 67.7 Å². The summed E-state index contributed by atoms with van der Waals surface area (Å²) in [5.41, 5.74) is 2.62. The summed E-state index contributed by atoms with van der Waals surface area (Å²) in [5.74, 6) is 0.271. The van der Waals surface area contributed by atoms with Gasteiger partial charge in [0.15, 0.2) is 5.69 Å². The number of nitrogens with zero attached hydrogens (tertiary/aromatic N) is 4. The number of amides is 2. The van der Waals surface area contributed by atoms with Crippen LogP contribution in [0.4, 0.5) is 0 Å². The first-order valence-electron chi connectivity index (χ1n) is 10.1. The van der Waals surface area contributed by atoms with Crippen molar-refractivity contribution in [2.45, 2.75) is 64.8 Å². The number of aromatic nitrogens is 2. The second kappa shape index (κ2) is 6.39. The number of hydrogen-bond acceptors (Lipinski definition) is 3. The predicted molar refractivity (Wildman–Crippen MR) is 98.9 cm³/mol. The number of hydrogen-bond donors (Lipinski definition) is 0. The molecule has 0 radical (unpaired) electrons. The van der Waals surface area contributed by atoms with Crippen LogP contribution in [0.3, 0.4) is 0 Å². The van der Waals surface area contributed by atoms with Gasteiger partial charge in [-0.2, -0.15) is 5.10 Å². The summed E-state index contributed by atoms with van der Waals surface area (Å²) in [6, 6.07) is 0.229. The Kier molecular flexibility index (Phi) is 4.32. The van der Waals surface area contributed by atoms with E-state index in [1.165, 1.54) is 12.1 Å². The molecular formula is C20H30N4O2. The average molecular weight is 358 g/mol. The molecule has 0 saturated carbocycles. The Morgan fingerprint density at radius 3 is 2.65 bits per heavy atom. The Bertz CT molecular complexity index is 738. The third kappa shape index (κ3) is 2.65. The van der Waals surface area contributed by atoms with Crippen LogP contribution in [0, 0.1) is 5.41 Å². The van der Waals surface area contributed by atoms with Crippen molar-refractivity contribution in [3.63, 3.8) is 0 Å². The summed E-state index contributed by atoms with van der Waals surface area (Å²) in [6.45, 7) is 6.23. The van der Waals surface area contributed by atoms with Gasteiger partial charge >= 0.3 is 0 Å². The molecule has 142 valence electrons. The lowest BCUT2D eigenvalue weighted by Crippen LogP contribution is -2.52. The standard InChI is InChI=1S/C20H30N4O2/c1-14(2)24-11-6-9-20(19(24)26)10-12-23(13-20)18(25)17-15-7-4-5-8-16(15)22(3)21-17/h14H,4-13H2,1-3H3/t20-/m1/s1. The number of rotatable bonds is 2. The third-order valence-electron chi connectivity index (χ3n) is 6.60. The minimum atomic E-state index is -0.368. The van der Waals surface area contributed by atoms with Crippen LogP contribution in [0.15, 0.2) is 0 Å². The Balaban J connectivity index is 1.56. The first-order valence-corrected chi connectivity index (χ1v) is 10.1. The Morgan fingerprint density at radius 1 is 1.12 bits per heavy atom. The van der Waals surface area contributed by atoms with E-state index < -0.39 is 0 Å². The molecule has 2 fully saturated rings. The summed E-state index contributed by atoms with van der Waals surface area (Å²) < 4.78 is 1.89. The highest BCUT2D eigenvalue weighted by Crippen LogP contribution is 2.41. The van der Waals surface area contributed by atoms with E-state index in [1.807, 2.05) is 21.5 Å². The molecule has 1 aromatic rings. The largest absolute Gasteiger partial charge is 0.340 e. The zero-order valence-corrected chi connectivity index (χ0v) is 16.3. The molecule has 26 heavy (non-hydrogen) atoms. The SMILES string of the molecule is CC(C)N1CCC[C@]2(CCN(C(=O)c3nn(C)c4c3CCCC4)C2)C1=O. The first-order chi connectivity index (χ1) is 12.4. The van der Waals surface area contributed by atoms with Gasteiger partial charge in [0.05, 0.1) is 5.41 Å². The van der Waals surface area contributed by atoms with Gasteiger partial charge in [-0.1, -0.05) is 0 Å². The van der Waals surface area contributed by atoms with E-state index in [-0.39, 0.29) is 23.3 Å². The zero-order valence-electron chi connectivity index (χ0n) is 16.3. The van der Waals surface area contributed by atoms with Crippen molar-refractivity contribution in [2.75, 3.05) is 19.6 Å². The van der Waals surface area contributed by atoms with E-state index in [2.05, 4.69) is 18.9 Å². The van der Waals surface area contributed by atoms with E-state index in [4.69, 9.17) is 0 Å². The fraction of sp³-hybridized carbons (Fsp3) is 0.750. The molecule has 2 amide bonds. The van der Waals surface area contributed by atoms with Crippen molar-refractivity contribution >= 4 is 11.8 Å². The quantitative estimate of drug-likeness (QED) is 0.814. The molecule has 0 N–H and O–H groups in total. The maximum atomic E-state index is 13.2. The highest BCUT2D eigenvalue weighted by Gasteiger charge is 2.50. The van der Waals surface area contributed by atoms with Gasteiger partial charge in [-0.25, -0.2) is 0 Å². The van der Waals surface area contributed by atoms with Crippen LogP contribution in [-0.4, -0.2) is 57.1 Å². The highest BCUT2D eigenvalue weighted by molar-refractivity contribution is 5.95. The highest BCUT2D eigenvalue weighted by atomic mass is 16.2. The Morgan fingerprint density at radius 2 is 1.88 bits per heavy atom. The first kappa shape index (κ1) is 17.6. The van der Waals surface area contributed by atoms with Crippen molar-refractivity contribution in [3.8, 4) is 0 Å². The predicted octanol–water partition coefficient (Wildman–Crippen LogP) is 2.16. The Labute approximate surface area is 155 Å². The van der Waals surface area contributed by atoms with Gasteiger partial charge in [-0.3, -0.25) is 14.3 Å². The van der Waals surface area contributed by atoms with Crippen molar-refractivity contribution < 1.29 is 9.59 Å². The minimum absolute atomic E-state index is 0.0232. The van der Waals surface area contributed by atoms with Crippen molar-refractivity contribution in [2.24, 2.45) is 12.5 Å². The van der Waals surface area contributed by atoms with Gasteiger partial charge in [-0.15, -0.1) is 0 Å². The number of carbonyl (C=O) groups is 2. The Hall–Kier alpha value is -1.85. The van der Waals surface area contributed by atoms with E-state index in [9.17, 15) is 9.59 Å². The third-order valence-corrected chi connectivity index (χ3v) is 6.60. The zero-order chi connectivity index (χ0) is 18.5. The normalized spacial score (nSPS) is 26.1. The number of piperidine rings is 1. The molecule has 1 spiro atoms. The molecule has 2 aliphatic heterocycles. The molecule has 6 nitrogen and oxygen atoms in total. The van der Waals surface area contributed by atoms with Gasteiger partial charge in [0.25, 0.3) is 5.91 Å². The molecule has 4 rings (SSSR count). The second-order valence-electron chi connectivity index (χ2n) is 8.56. The lowest BCUT2D eigenvalue weighted by molar-refractivity contribution is -0.147. The lowest BCUT2D eigenvalue weighted by Gasteiger charge is -2.41. The van der Waals surface area contributed by atoms with Crippen LogP contribution < -0.4 is 0 Å². The molecule has 1 atom stereocenters. The van der Waals surface area contributed by atoms with Crippen molar-refractivity contribution in [1.29, 1.82) is 0 Å². The van der Waals surface area contributed by atoms with Gasteiger partial charge < -0.3 is 9.80 Å². The van der Waals surface area contributed by atoms with Crippen molar-refractivity contribution in [3.05, 3.63) is 17.0 Å². The number of likely N-dealkylation sites (tertiary alicyclic amines) is 2. The molecule has 6 heteroatoms. The maximum Gasteiger partial charge on any atom is 0.274 e. The molecule has 0 aromatic carbocycles. The maximum absolute atomic E-state index is 13.2. The van der Waals surface area contributed by atoms with Gasteiger partial charge in [0, 0.05) is 44.0 Å². The number of fused-ring (bicyclic) bond motifs is 1. The molecule has 0 bridgehead atoms. The summed E-state index contributed by atoms with van der Waals surface area (Å²) in [5, 5.41) is 4.56. The topological polar surface area (TPSA) is 58.4 Å². The van der Waals surface area contributed by atoms with E-state index in [1.54, 1.807) is 0 Å². The summed E-state index contributed by atoms with van der Waals surface area (Å²) in [6.07, 6.45) is 6.98. The average Bonchev–Trinajstić information content (AvgIpc) is 3.20. The molecule has 3 aliphatic rings. The van der Waals surface area contributed by atoms with E-state index >= 15 is 0 Å². The minimum Gasteiger partial charge on any atom is -0.340 e. The van der Waals surface area contributed by atoms with Gasteiger partial charge in [0.1, 0.15) is 0 Å². The van der Waals surface area contributed by atoms with Crippen LogP contribution in [0.25, 0.3) is 0 Å². The van der Waals surface area contributed by atoms with E-state index in [0.717, 1.165) is 50.6 Å². The van der Waals surface area contributed by atoms with Gasteiger partial charge in [0.2, 0.25) is 5.91 Å². The fourth-order valence-electron chi connectivity index (χ4n) is 5.11. The molecule has 2 saturated heterocycles. The summed E-state index contributed by atoms with van der Waals surface area (Å²) >= 11 is 0.